The van der Waals surface area contributed by atoms with E-state index in [-0.39, 0.29) is 48.6 Å². The number of hydrogen-bond donors (Lipinski definition) is 2. The molecule has 4 bridgehead atoms. The van der Waals surface area contributed by atoms with Gasteiger partial charge in [0.15, 0.2) is 0 Å². The Morgan fingerprint density at radius 1 is 0.700 bits per heavy atom. The second-order valence-corrected chi connectivity index (χ2v) is 11.0. The SMILES string of the molecule is CC(C)(C)OC(=O)N1C2CCC1[C@@H](O)C2.CC(C)(C)OC(=O)N1C2CCC1[C@H](O)C2. The molecular formula is C22H38N2O6. The van der Waals surface area contributed by atoms with E-state index in [0.29, 0.717) is 12.8 Å². The molecule has 6 atom stereocenters. The van der Waals surface area contributed by atoms with Gasteiger partial charge in [-0.05, 0) is 80.1 Å². The molecule has 172 valence electrons. The normalized spacial score (nSPS) is 34.7. The molecular weight excluding hydrogens is 388 g/mol. The fourth-order valence-electron chi connectivity index (χ4n) is 5.11. The first kappa shape index (κ1) is 23.1. The lowest BCUT2D eigenvalue weighted by molar-refractivity contribution is 0.0161. The Morgan fingerprint density at radius 3 is 1.23 bits per heavy atom. The number of rotatable bonds is 0. The summed E-state index contributed by atoms with van der Waals surface area (Å²) < 4.78 is 10.7. The second-order valence-electron chi connectivity index (χ2n) is 11.0. The molecule has 4 unspecified atom stereocenters. The van der Waals surface area contributed by atoms with Crippen LogP contribution in [0, 0.1) is 0 Å². The zero-order chi connectivity index (χ0) is 22.4. The van der Waals surface area contributed by atoms with Crippen LogP contribution in [0.25, 0.3) is 0 Å². The zero-order valence-corrected chi connectivity index (χ0v) is 19.1. The summed E-state index contributed by atoms with van der Waals surface area (Å²) in [5.74, 6) is 0. The van der Waals surface area contributed by atoms with Crippen molar-refractivity contribution in [2.45, 2.75) is 128 Å². The summed E-state index contributed by atoms with van der Waals surface area (Å²) in [5.41, 5.74) is -0.909. The Bertz CT molecular complexity index is 599. The molecule has 4 heterocycles. The van der Waals surface area contributed by atoms with E-state index in [0.717, 1.165) is 25.7 Å². The third kappa shape index (κ3) is 5.02. The van der Waals surface area contributed by atoms with Crippen LogP contribution in [0.5, 0.6) is 0 Å². The Morgan fingerprint density at radius 2 is 1.03 bits per heavy atom. The average Bonchev–Trinajstić information content (AvgIpc) is 3.28. The number of amides is 2. The molecule has 30 heavy (non-hydrogen) atoms. The number of nitrogens with zero attached hydrogens (tertiary/aromatic N) is 2. The van der Waals surface area contributed by atoms with Crippen LogP contribution in [0.3, 0.4) is 0 Å². The number of aliphatic hydroxyl groups is 2. The molecule has 2 amide bonds. The van der Waals surface area contributed by atoms with Crippen molar-refractivity contribution >= 4 is 12.2 Å². The van der Waals surface area contributed by atoms with E-state index in [2.05, 4.69) is 0 Å². The summed E-state index contributed by atoms with van der Waals surface area (Å²) in [5, 5.41) is 19.4. The van der Waals surface area contributed by atoms with Crippen LogP contribution in [0.15, 0.2) is 0 Å². The summed E-state index contributed by atoms with van der Waals surface area (Å²) in [4.78, 5) is 27.2. The maximum Gasteiger partial charge on any atom is 0.410 e. The van der Waals surface area contributed by atoms with E-state index in [1.807, 2.05) is 41.5 Å². The molecule has 4 fully saturated rings. The zero-order valence-electron chi connectivity index (χ0n) is 19.1. The topological polar surface area (TPSA) is 99.5 Å². The minimum Gasteiger partial charge on any atom is -0.444 e. The van der Waals surface area contributed by atoms with Crippen LogP contribution in [-0.2, 0) is 9.47 Å². The molecule has 8 heteroatoms. The average molecular weight is 427 g/mol. The van der Waals surface area contributed by atoms with Crippen molar-refractivity contribution in [3.8, 4) is 0 Å². The summed E-state index contributed by atoms with van der Waals surface area (Å²) in [6.45, 7) is 11.2. The number of carbonyl (C=O) groups is 2. The van der Waals surface area contributed by atoms with Gasteiger partial charge < -0.3 is 19.7 Å². The third-order valence-electron chi connectivity index (χ3n) is 6.22. The molecule has 0 spiro atoms. The quantitative estimate of drug-likeness (QED) is 0.618. The Balaban J connectivity index is 0.000000171. The number of carbonyl (C=O) groups excluding carboxylic acids is 2. The lowest BCUT2D eigenvalue weighted by Gasteiger charge is -2.27. The van der Waals surface area contributed by atoms with Gasteiger partial charge in [0, 0.05) is 12.1 Å². The van der Waals surface area contributed by atoms with Gasteiger partial charge in [0.05, 0.1) is 24.3 Å². The number of ether oxygens (including phenoxy) is 2. The first-order valence-corrected chi connectivity index (χ1v) is 11.2. The molecule has 0 radical (unpaired) electrons. The van der Waals surface area contributed by atoms with Gasteiger partial charge in [-0.25, -0.2) is 9.59 Å². The van der Waals surface area contributed by atoms with E-state index in [9.17, 15) is 19.8 Å². The molecule has 0 aliphatic carbocycles. The minimum absolute atomic E-state index is 0.00940. The standard InChI is InChI=1S/2C11H19NO3/c2*1-11(2,3)15-10(14)12-7-4-5-8(12)9(13)6-7/h2*7-9,13H,4-6H2,1-3H3/t2*7?,8?,9-/m10/s1. The number of hydrogen-bond acceptors (Lipinski definition) is 6. The number of fused-ring (bicyclic) bond motifs is 4. The van der Waals surface area contributed by atoms with Crippen LogP contribution < -0.4 is 0 Å². The predicted molar refractivity (Wildman–Crippen MR) is 111 cm³/mol. The van der Waals surface area contributed by atoms with Gasteiger partial charge >= 0.3 is 12.2 Å². The van der Waals surface area contributed by atoms with Gasteiger partial charge in [-0.3, -0.25) is 9.80 Å². The smallest absolute Gasteiger partial charge is 0.410 e. The molecule has 4 saturated heterocycles. The summed E-state index contributed by atoms with van der Waals surface area (Å²) in [6.07, 6.45) is 4.00. The van der Waals surface area contributed by atoms with E-state index in [4.69, 9.17) is 9.47 Å². The molecule has 0 aromatic heterocycles. The fourth-order valence-corrected chi connectivity index (χ4v) is 5.11. The minimum atomic E-state index is -0.454. The molecule has 4 aliphatic rings. The van der Waals surface area contributed by atoms with Crippen LogP contribution in [0.1, 0.15) is 80.1 Å². The van der Waals surface area contributed by atoms with E-state index in [1.54, 1.807) is 9.80 Å². The molecule has 8 nitrogen and oxygen atoms in total. The molecule has 0 aromatic carbocycles. The van der Waals surface area contributed by atoms with E-state index >= 15 is 0 Å². The summed E-state index contributed by atoms with van der Waals surface area (Å²) in [6, 6.07) is 0.370. The fraction of sp³-hybridized carbons (Fsp3) is 0.909. The number of aliphatic hydroxyl groups excluding tert-OH is 2. The van der Waals surface area contributed by atoms with Crippen LogP contribution in [-0.4, -0.2) is 79.8 Å². The van der Waals surface area contributed by atoms with Crippen LogP contribution in [0.2, 0.25) is 0 Å². The molecule has 2 N–H and O–H groups in total. The van der Waals surface area contributed by atoms with Crippen molar-refractivity contribution in [1.29, 1.82) is 0 Å². The van der Waals surface area contributed by atoms with Gasteiger partial charge in [0.1, 0.15) is 11.2 Å². The second kappa shape index (κ2) is 8.19. The highest BCUT2D eigenvalue weighted by Gasteiger charge is 2.50. The first-order chi connectivity index (χ1) is 13.8. The Labute approximate surface area is 179 Å². The largest absolute Gasteiger partial charge is 0.444 e. The van der Waals surface area contributed by atoms with Crippen LogP contribution in [0.4, 0.5) is 9.59 Å². The van der Waals surface area contributed by atoms with Crippen molar-refractivity contribution in [3.05, 3.63) is 0 Å². The predicted octanol–water partition coefficient (Wildman–Crippen LogP) is 3.04. The summed E-state index contributed by atoms with van der Waals surface area (Å²) >= 11 is 0. The molecule has 4 aliphatic heterocycles. The van der Waals surface area contributed by atoms with Gasteiger partial charge in [-0.1, -0.05) is 0 Å². The summed E-state index contributed by atoms with van der Waals surface area (Å²) in [7, 11) is 0. The lowest BCUT2D eigenvalue weighted by Crippen LogP contribution is -2.41. The highest BCUT2D eigenvalue weighted by Crippen LogP contribution is 2.39. The van der Waals surface area contributed by atoms with E-state index < -0.39 is 11.2 Å². The third-order valence-corrected chi connectivity index (χ3v) is 6.22. The maximum atomic E-state index is 11.9. The van der Waals surface area contributed by atoms with Crippen LogP contribution >= 0.6 is 0 Å². The lowest BCUT2D eigenvalue weighted by atomic mass is 9.98. The van der Waals surface area contributed by atoms with Crippen molar-refractivity contribution in [2.24, 2.45) is 0 Å². The van der Waals surface area contributed by atoms with Gasteiger partial charge in [-0.2, -0.15) is 0 Å². The molecule has 0 aromatic rings. The highest BCUT2D eigenvalue weighted by atomic mass is 16.6. The van der Waals surface area contributed by atoms with Gasteiger partial charge in [-0.15, -0.1) is 0 Å². The molecule has 4 rings (SSSR count). The first-order valence-electron chi connectivity index (χ1n) is 11.2. The monoisotopic (exact) mass is 426 g/mol. The maximum absolute atomic E-state index is 11.9. The van der Waals surface area contributed by atoms with Crippen molar-refractivity contribution in [2.75, 3.05) is 0 Å². The van der Waals surface area contributed by atoms with Crippen molar-refractivity contribution in [1.82, 2.24) is 9.80 Å². The van der Waals surface area contributed by atoms with Gasteiger partial charge in [0.2, 0.25) is 0 Å². The Kier molecular flexibility index (Phi) is 6.31. The van der Waals surface area contributed by atoms with Crippen molar-refractivity contribution < 1.29 is 29.3 Å². The van der Waals surface area contributed by atoms with Crippen molar-refractivity contribution in [3.63, 3.8) is 0 Å². The Hall–Kier alpha value is -1.54. The van der Waals surface area contributed by atoms with Gasteiger partial charge in [0.25, 0.3) is 0 Å². The van der Waals surface area contributed by atoms with E-state index in [1.165, 1.54) is 0 Å². The highest BCUT2D eigenvalue weighted by molar-refractivity contribution is 5.70. The molecule has 0 saturated carbocycles.